The average molecular weight is 435 g/mol. The molecule has 26 heavy (non-hydrogen) atoms. The van der Waals surface area contributed by atoms with Crippen LogP contribution in [0.2, 0.25) is 0 Å². The fraction of sp³-hybridized carbons (Fsp3) is 0.368. The Morgan fingerprint density at radius 3 is 2.92 bits per heavy atom. The van der Waals surface area contributed by atoms with Gasteiger partial charge in [0.1, 0.15) is 0 Å². The third-order valence-electron chi connectivity index (χ3n) is 4.21. The molecule has 0 fully saturated rings. The van der Waals surface area contributed by atoms with Crippen molar-refractivity contribution in [2.75, 3.05) is 25.0 Å². The van der Waals surface area contributed by atoms with Crippen molar-refractivity contribution in [2.45, 2.75) is 25.7 Å². The Balaban J connectivity index is 1.61. The highest BCUT2D eigenvalue weighted by Gasteiger charge is 2.24. The minimum Gasteiger partial charge on any atom is -0.357 e. The third-order valence-corrected chi connectivity index (χ3v) is 5.90. The molecule has 1 aromatic heterocycles. The van der Waals surface area contributed by atoms with Gasteiger partial charge in [-0.25, -0.2) is 0 Å². The Kier molecular flexibility index (Phi) is 6.68. The number of hydrogen-bond acceptors (Lipinski definition) is 3. The number of carbonyl (C=O) groups is 1. The van der Waals surface area contributed by atoms with E-state index in [1.54, 1.807) is 11.3 Å². The fourth-order valence-electron chi connectivity index (χ4n) is 3.00. The molecule has 0 saturated carbocycles. The summed E-state index contributed by atoms with van der Waals surface area (Å²) in [4.78, 5) is 18.0. The van der Waals surface area contributed by atoms with Gasteiger partial charge in [0.05, 0.1) is 10.3 Å². The number of anilines is 1. The molecule has 0 radical (unpaired) electrons. The summed E-state index contributed by atoms with van der Waals surface area (Å²) in [6.45, 7) is 4.26. The summed E-state index contributed by atoms with van der Waals surface area (Å²) >= 11 is 5.25. The second-order valence-corrected chi connectivity index (χ2v) is 8.69. The summed E-state index contributed by atoms with van der Waals surface area (Å²) in [5.74, 6) is 0.973. The highest BCUT2D eigenvalue weighted by Crippen LogP contribution is 2.32. The molecule has 0 spiro atoms. The standard InChI is InChI=1S/C19H23BrN4OS/c1-2-21-19(22-10-9-14-7-8-17(20)26-14)23-12-13-11-18(25)24-16-6-4-3-5-15(13)16/h3-8,13H,2,9-12H2,1H3,(H,24,25)(H2,21,22,23). The maximum absolute atomic E-state index is 11.9. The highest BCUT2D eigenvalue weighted by molar-refractivity contribution is 9.11. The minimum atomic E-state index is 0.0603. The van der Waals surface area contributed by atoms with E-state index in [9.17, 15) is 4.79 Å². The molecule has 0 saturated heterocycles. The molecule has 3 N–H and O–H groups in total. The zero-order chi connectivity index (χ0) is 18.4. The van der Waals surface area contributed by atoms with Crippen molar-refractivity contribution in [3.8, 4) is 0 Å². The Morgan fingerprint density at radius 1 is 1.31 bits per heavy atom. The van der Waals surface area contributed by atoms with Gasteiger partial charge in [-0.2, -0.15) is 0 Å². The second-order valence-electron chi connectivity index (χ2n) is 6.14. The summed E-state index contributed by atoms with van der Waals surface area (Å²) in [6.07, 6.45) is 1.43. The third kappa shape index (κ3) is 5.08. The molecule has 1 aliphatic rings. The van der Waals surface area contributed by atoms with Gasteiger partial charge in [-0.05, 0) is 53.0 Å². The first-order valence-corrected chi connectivity index (χ1v) is 10.4. The van der Waals surface area contributed by atoms with Crippen LogP contribution in [0.4, 0.5) is 5.69 Å². The predicted octanol–water partition coefficient (Wildman–Crippen LogP) is 3.73. The van der Waals surface area contributed by atoms with E-state index in [2.05, 4.69) is 57.0 Å². The second kappa shape index (κ2) is 9.19. The van der Waals surface area contributed by atoms with Crippen molar-refractivity contribution in [1.82, 2.24) is 10.6 Å². The number of carbonyl (C=O) groups excluding carboxylic acids is 1. The van der Waals surface area contributed by atoms with Gasteiger partial charge in [0.25, 0.3) is 0 Å². The maximum atomic E-state index is 11.9. The Morgan fingerprint density at radius 2 is 2.15 bits per heavy atom. The van der Waals surface area contributed by atoms with Crippen LogP contribution < -0.4 is 16.0 Å². The summed E-state index contributed by atoms with van der Waals surface area (Å²) in [6, 6.07) is 12.2. The monoisotopic (exact) mass is 434 g/mol. The quantitative estimate of drug-likeness (QED) is 0.479. The van der Waals surface area contributed by atoms with Crippen molar-refractivity contribution in [1.29, 1.82) is 0 Å². The fourth-order valence-corrected chi connectivity index (χ4v) is 4.48. The van der Waals surface area contributed by atoms with Gasteiger partial charge >= 0.3 is 0 Å². The molecule has 7 heteroatoms. The molecule has 1 aromatic carbocycles. The predicted molar refractivity (Wildman–Crippen MR) is 112 cm³/mol. The van der Waals surface area contributed by atoms with E-state index in [4.69, 9.17) is 4.99 Å². The first kappa shape index (κ1) is 18.9. The molecule has 1 amide bonds. The molecule has 1 aliphatic heterocycles. The molecule has 1 atom stereocenters. The first-order valence-electron chi connectivity index (χ1n) is 8.81. The Bertz CT molecular complexity index is 789. The van der Waals surface area contributed by atoms with Crippen LogP contribution in [0.15, 0.2) is 45.2 Å². The lowest BCUT2D eigenvalue weighted by molar-refractivity contribution is -0.116. The van der Waals surface area contributed by atoms with Gasteiger partial charge in [0, 0.05) is 36.0 Å². The van der Waals surface area contributed by atoms with Crippen LogP contribution in [-0.4, -0.2) is 31.5 Å². The van der Waals surface area contributed by atoms with Crippen molar-refractivity contribution < 1.29 is 4.79 Å². The maximum Gasteiger partial charge on any atom is 0.225 e. The van der Waals surface area contributed by atoms with Crippen LogP contribution in [0.3, 0.4) is 0 Å². The van der Waals surface area contributed by atoms with E-state index in [1.807, 2.05) is 18.2 Å². The number of fused-ring (bicyclic) bond motifs is 1. The number of rotatable bonds is 6. The van der Waals surface area contributed by atoms with Gasteiger partial charge < -0.3 is 16.0 Å². The topological polar surface area (TPSA) is 65.5 Å². The summed E-state index contributed by atoms with van der Waals surface area (Å²) in [5, 5.41) is 9.60. The van der Waals surface area contributed by atoms with Crippen molar-refractivity contribution in [3.63, 3.8) is 0 Å². The molecule has 2 aromatic rings. The van der Waals surface area contributed by atoms with Crippen molar-refractivity contribution in [3.05, 3.63) is 50.6 Å². The number of halogens is 1. The summed E-state index contributed by atoms with van der Waals surface area (Å²) < 4.78 is 1.15. The lowest BCUT2D eigenvalue weighted by Crippen LogP contribution is -2.38. The molecule has 138 valence electrons. The van der Waals surface area contributed by atoms with E-state index in [-0.39, 0.29) is 11.8 Å². The van der Waals surface area contributed by atoms with Crippen molar-refractivity contribution in [2.24, 2.45) is 4.99 Å². The Hall–Kier alpha value is -1.86. The molecule has 3 rings (SSSR count). The van der Waals surface area contributed by atoms with E-state index in [0.29, 0.717) is 13.0 Å². The number of hydrogen-bond donors (Lipinski definition) is 3. The van der Waals surface area contributed by atoms with E-state index < -0.39 is 0 Å². The van der Waals surface area contributed by atoms with Gasteiger partial charge in [-0.15, -0.1) is 11.3 Å². The number of aliphatic imine (C=N–C) groups is 1. The van der Waals surface area contributed by atoms with Crippen LogP contribution in [0.25, 0.3) is 0 Å². The SMILES string of the molecule is CCNC(=NCC1CC(=O)Nc2ccccc21)NCCc1ccc(Br)s1. The molecular weight excluding hydrogens is 412 g/mol. The zero-order valence-electron chi connectivity index (χ0n) is 14.7. The largest absolute Gasteiger partial charge is 0.357 e. The highest BCUT2D eigenvalue weighted by atomic mass is 79.9. The summed E-state index contributed by atoms with van der Waals surface area (Å²) in [5.41, 5.74) is 2.07. The zero-order valence-corrected chi connectivity index (χ0v) is 17.1. The molecule has 2 heterocycles. The first-order chi connectivity index (χ1) is 12.7. The summed E-state index contributed by atoms with van der Waals surface area (Å²) in [7, 11) is 0. The van der Waals surface area contributed by atoms with E-state index >= 15 is 0 Å². The molecular formula is C19H23BrN4OS. The number of guanidine groups is 1. The number of thiophene rings is 1. The number of nitrogens with one attached hydrogen (secondary N) is 3. The van der Waals surface area contributed by atoms with Gasteiger partial charge in [-0.1, -0.05) is 18.2 Å². The number of amides is 1. The Labute approximate surface area is 166 Å². The van der Waals surface area contributed by atoms with Crippen LogP contribution in [0.5, 0.6) is 0 Å². The van der Waals surface area contributed by atoms with E-state index in [0.717, 1.165) is 40.5 Å². The van der Waals surface area contributed by atoms with Gasteiger partial charge in [0.15, 0.2) is 5.96 Å². The number of benzene rings is 1. The minimum absolute atomic E-state index is 0.0603. The van der Waals surface area contributed by atoms with Gasteiger partial charge in [-0.3, -0.25) is 9.79 Å². The normalized spacial score (nSPS) is 16.8. The van der Waals surface area contributed by atoms with E-state index in [1.165, 1.54) is 4.88 Å². The average Bonchev–Trinajstić information content (AvgIpc) is 3.04. The number of nitrogens with zero attached hydrogens (tertiary/aromatic N) is 1. The van der Waals surface area contributed by atoms with Crippen LogP contribution in [-0.2, 0) is 11.2 Å². The lowest BCUT2D eigenvalue weighted by atomic mass is 9.91. The molecule has 0 bridgehead atoms. The molecule has 1 unspecified atom stereocenters. The van der Waals surface area contributed by atoms with Crippen molar-refractivity contribution >= 4 is 44.8 Å². The lowest BCUT2D eigenvalue weighted by Gasteiger charge is -2.24. The van der Waals surface area contributed by atoms with Crippen LogP contribution >= 0.6 is 27.3 Å². The van der Waals surface area contributed by atoms with Crippen LogP contribution in [0, 0.1) is 0 Å². The molecule has 0 aliphatic carbocycles. The molecule has 5 nitrogen and oxygen atoms in total. The smallest absolute Gasteiger partial charge is 0.225 e. The van der Waals surface area contributed by atoms with Crippen LogP contribution in [0.1, 0.15) is 29.7 Å². The number of para-hydroxylation sites is 1. The van der Waals surface area contributed by atoms with Gasteiger partial charge in [0.2, 0.25) is 5.91 Å².